The minimum atomic E-state index is -3.62. The normalized spacial score (nSPS) is 16.7. The highest BCUT2D eigenvalue weighted by molar-refractivity contribution is 7.89. The second-order valence-corrected chi connectivity index (χ2v) is 9.34. The molecule has 0 aromatic heterocycles. The van der Waals surface area contributed by atoms with Crippen LogP contribution in [-0.4, -0.2) is 52.3 Å². The van der Waals surface area contributed by atoms with Crippen molar-refractivity contribution in [2.45, 2.75) is 17.9 Å². The lowest BCUT2D eigenvalue weighted by Crippen LogP contribution is -2.33. The van der Waals surface area contributed by atoms with E-state index in [-0.39, 0.29) is 36.2 Å². The first-order chi connectivity index (χ1) is 14.2. The Labute approximate surface area is 176 Å². The highest BCUT2D eigenvalue weighted by Gasteiger charge is 2.35. The molecule has 2 aromatic carbocycles. The summed E-state index contributed by atoms with van der Waals surface area (Å²) in [6.45, 7) is 0.337. The second-order valence-electron chi connectivity index (χ2n) is 7.22. The van der Waals surface area contributed by atoms with E-state index in [1.165, 1.54) is 20.2 Å². The number of sulfonamides is 1. The minimum Gasteiger partial charge on any atom is -0.497 e. The lowest BCUT2D eigenvalue weighted by atomic mass is 10.1. The number of carbonyl (C=O) groups is 2. The molecule has 1 saturated heterocycles. The van der Waals surface area contributed by atoms with Gasteiger partial charge >= 0.3 is 0 Å². The van der Waals surface area contributed by atoms with E-state index in [1.54, 1.807) is 54.5 Å². The predicted molar refractivity (Wildman–Crippen MR) is 113 cm³/mol. The zero-order valence-corrected chi connectivity index (χ0v) is 18.0. The Bertz CT molecular complexity index is 1030. The quantitative estimate of drug-likeness (QED) is 0.719. The number of rotatable bonds is 7. The molecule has 0 spiro atoms. The van der Waals surface area contributed by atoms with Gasteiger partial charge in [-0.25, -0.2) is 12.7 Å². The molecule has 9 heteroatoms. The molecule has 1 fully saturated rings. The Balaban J connectivity index is 1.67. The van der Waals surface area contributed by atoms with Crippen LogP contribution < -0.4 is 15.0 Å². The van der Waals surface area contributed by atoms with Gasteiger partial charge in [0.1, 0.15) is 5.75 Å². The molecule has 160 valence electrons. The van der Waals surface area contributed by atoms with Gasteiger partial charge in [0, 0.05) is 39.3 Å². The van der Waals surface area contributed by atoms with Crippen LogP contribution in [0.4, 0.5) is 5.69 Å². The van der Waals surface area contributed by atoms with E-state index in [2.05, 4.69) is 5.32 Å². The van der Waals surface area contributed by atoms with E-state index in [1.807, 2.05) is 0 Å². The van der Waals surface area contributed by atoms with Crippen LogP contribution in [0.3, 0.4) is 0 Å². The number of benzene rings is 2. The van der Waals surface area contributed by atoms with Gasteiger partial charge in [-0.15, -0.1) is 0 Å². The summed E-state index contributed by atoms with van der Waals surface area (Å²) in [6.07, 6.45) is 0.107. The average Bonchev–Trinajstić information content (AvgIpc) is 3.13. The topological polar surface area (TPSA) is 96.0 Å². The summed E-state index contributed by atoms with van der Waals surface area (Å²) in [7, 11) is 0.865. The van der Waals surface area contributed by atoms with Crippen molar-refractivity contribution in [3.8, 4) is 5.75 Å². The number of anilines is 1. The first kappa shape index (κ1) is 21.8. The molecule has 8 nitrogen and oxygen atoms in total. The molecular weight excluding hydrogens is 406 g/mol. The summed E-state index contributed by atoms with van der Waals surface area (Å²) in [4.78, 5) is 26.8. The number of hydrogen-bond donors (Lipinski definition) is 1. The third-order valence-corrected chi connectivity index (χ3v) is 6.98. The first-order valence-corrected chi connectivity index (χ1v) is 10.9. The van der Waals surface area contributed by atoms with Crippen molar-refractivity contribution < 1.29 is 22.7 Å². The van der Waals surface area contributed by atoms with Gasteiger partial charge in [0.05, 0.1) is 17.9 Å². The molecule has 1 unspecified atom stereocenters. The van der Waals surface area contributed by atoms with Crippen LogP contribution in [0.15, 0.2) is 53.4 Å². The summed E-state index contributed by atoms with van der Waals surface area (Å²) in [6, 6.07) is 13.6. The fourth-order valence-electron chi connectivity index (χ4n) is 3.32. The molecule has 1 aliphatic rings. The first-order valence-electron chi connectivity index (χ1n) is 9.46. The SMILES string of the molecule is COc1ccc(N2CC(C(=O)NCc3ccccc3S(=O)(=O)N(C)C)CC2=O)cc1. The zero-order valence-electron chi connectivity index (χ0n) is 17.2. The van der Waals surface area contributed by atoms with Gasteiger partial charge in [-0.3, -0.25) is 9.59 Å². The van der Waals surface area contributed by atoms with Crippen LogP contribution in [0, 0.1) is 5.92 Å². The van der Waals surface area contributed by atoms with Crippen molar-refractivity contribution >= 4 is 27.5 Å². The summed E-state index contributed by atoms with van der Waals surface area (Å²) in [5.41, 5.74) is 1.20. The monoisotopic (exact) mass is 431 g/mol. The maximum absolute atomic E-state index is 12.7. The number of ether oxygens (including phenoxy) is 1. The molecule has 1 atom stereocenters. The number of nitrogens with zero attached hydrogens (tertiary/aromatic N) is 2. The van der Waals surface area contributed by atoms with Crippen LogP contribution in [0.1, 0.15) is 12.0 Å². The fraction of sp³-hybridized carbons (Fsp3) is 0.333. The zero-order chi connectivity index (χ0) is 21.9. The summed E-state index contributed by atoms with van der Waals surface area (Å²) in [5.74, 6) is -0.226. The molecule has 30 heavy (non-hydrogen) atoms. The van der Waals surface area contributed by atoms with E-state index in [0.29, 0.717) is 17.0 Å². The van der Waals surface area contributed by atoms with Gasteiger partial charge in [0.25, 0.3) is 0 Å². The lowest BCUT2D eigenvalue weighted by molar-refractivity contribution is -0.126. The van der Waals surface area contributed by atoms with Gasteiger partial charge in [0.2, 0.25) is 21.8 Å². The third-order valence-electron chi connectivity index (χ3n) is 5.06. The minimum absolute atomic E-state index is 0.0648. The molecular formula is C21H25N3O5S. The number of nitrogens with one attached hydrogen (secondary N) is 1. The maximum atomic E-state index is 12.7. The Morgan fingerprint density at radius 3 is 2.47 bits per heavy atom. The van der Waals surface area contributed by atoms with Crippen LogP contribution in [0.5, 0.6) is 5.75 Å². The number of carbonyl (C=O) groups excluding carboxylic acids is 2. The molecule has 2 aromatic rings. The van der Waals surface area contributed by atoms with Gasteiger partial charge in [-0.1, -0.05) is 18.2 Å². The molecule has 0 radical (unpaired) electrons. The van der Waals surface area contributed by atoms with Gasteiger partial charge in [0.15, 0.2) is 0 Å². The second kappa shape index (κ2) is 8.85. The van der Waals surface area contributed by atoms with E-state index in [9.17, 15) is 18.0 Å². The summed E-state index contributed by atoms with van der Waals surface area (Å²) >= 11 is 0. The Kier molecular flexibility index (Phi) is 6.42. The van der Waals surface area contributed by atoms with E-state index in [4.69, 9.17) is 4.74 Å². The van der Waals surface area contributed by atoms with Crippen molar-refractivity contribution in [2.75, 3.05) is 32.6 Å². The smallest absolute Gasteiger partial charge is 0.242 e. The highest BCUT2D eigenvalue weighted by Crippen LogP contribution is 2.27. The molecule has 2 amide bonds. The molecule has 0 bridgehead atoms. The Morgan fingerprint density at radius 2 is 1.83 bits per heavy atom. The van der Waals surface area contributed by atoms with Gasteiger partial charge in [-0.05, 0) is 35.9 Å². The number of amides is 2. The summed E-state index contributed by atoms with van der Waals surface area (Å²) in [5, 5.41) is 2.78. The van der Waals surface area contributed by atoms with Gasteiger partial charge in [-0.2, -0.15) is 0 Å². The lowest BCUT2D eigenvalue weighted by Gasteiger charge is -2.18. The standard InChI is InChI=1S/C21H25N3O5S/c1-23(2)30(27,28)19-7-5-4-6-15(19)13-22-21(26)16-12-20(25)24(14-16)17-8-10-18(29-3)11-9-17/h4-11,16H,12-14H2,1-3H3,(H,22,26). The summed E-state index contributed by atoms with van der Waals surface area (Å²) < 4.78 is 31.3. The maximum Gasteiger partial charge on any atom is 0.242 e. The van der Waals surface area contributed by atoms with Crippen molar-refractivity contribution in [1.29, 1.82) is 0 Å². The molecule has 3 rings (SSSR count). The van der Waals surface area contributed by atoms with E-state index in [0.717, 1.165) is 4.31 Å². The molecule has 0 saturated carbocycles. The number of hydrogen-bond acceptors (Lipinski definition) is 5. The molecule has 0 aliphatic carbocycles. The van der Waals surface area contributed by atoms with Crippen LogP contribution in [0.2, 0.25) is 0 Å². The van der Waals surface area contributed by atoms with E-state index < -0.39 is 15.9 Å². The Hall–Kier alpha value is -2.91. The van der Waals surface area contributed by atoms with Crippen molar-refractivity contribution in [3.05, 3.63) is 54.1 Å². The largest absolute Gasteiger partial charge is 0.497 e. The van der Waals surface area contributed by atoms with Crippen molar-refractivity contribution in [1.82, 2.24) is 9.62 Å². The van der Waals surface area contributed by atoms with Crippen molar-refractivity contribution in [2.24, 2.45) is 5.92 Å². The molecule has 1 N–H and O–H groups in total. The molecule has 1 aliphatic heterocycles. The number of methoxy groups -OCH3 is 1. The average molecular weight is 432 g/mol. The third kappa shape index (κ3) is 4.47. The fourth-order valence-corrected chi connectivity index (χ4v) is 4.44. The highest BCUT2D eigenvalue weighted by atomic mass is 32.2. The predicted octanol–water partition coefficient (Wildman–Crippen LogP) is 1.61. The van der Waals surface area contributed by atoms with E-state index >= 15 is 0 Å². The van der Waals surface area contributed by atoms with Crippen molar-refractivity contribution in [3.63, 3.8) is 0 Å². The van der Waals surface area contributed by atoms with Gasteiger partial charge < -0.3 is 15.0 Å². The van der Waals surface area contributed by atoms with Crippen LogP contribution in [-0.2, 0) is 26.2 Å². The Morgan fingerprint density at radius 1 is 1.17 bits per heavy atom. The van der Waals surface area contributed by atoms with Crippen LogP contribution in [0.25, 0.3) is 0 Å². The molecule has 1 heterocycles. The van der Waals surface area contributed by atoms with Crippen LogP contribution >= 0.6 is 0 Å².